The summed E-state index contributed by atoms with van der Waals surface area (Å²) < 4.78 is 6.19. The Morgan fingerprint density at radius 3 is 1.65 bits per heavy atom. The Balaban J connectivity index is 1.14. The molecule has 216 valence electrons. The Hall–Kier alpha value is -6.12. The van der Waals surface area contributed by atoms with Crippen LogP contribution in [-0.4, -0.2) is 0 Å². The third-order valence-electron chi connectivity index (χ3n) is 9.07. The standard InChI is InChI=1S/C44H29NO/c1-3-13-37-31(9-1)11-7-16-38(37)33-21-26-36(27-22-33)45(42-17-8-12-32-10-2-4-14-39(32)42)35-24-19-30(20-25-35)34-23-28-41-40-15-5-6-18-43(40)46-44(41)29-34/h1-29H. The smallest absolute Gasteiger partial charge is 0.136 e. The Labute approximate surface area is 267 Å². The highest BCUT2D eigenvalue weighted by atomic mass is 16.3. The summed E-state index contributed by atoms with van der Waals surface area (Å²) in [5, 5.41) is 7.23. The van der Waals surface area contributed by atoms with Crippen molar-refractivity contribution >= 4 is 60.5 Å². The zero-order chi connectivity index (χ0) is 30.5. The van der Waals surface area contributed by atoms with Gasteiger partial charge in [0.25, 0.3) is 0 Å². The molecule has 2 nitrogen and oxygen atoms in total. The van der Waals surface area contributed by atoms with Gasteiger partial charge in [-0.25, -0.2) is 0 Å². The second-order valence-corrected chi connectivity index (χ2v) is 11.8. The van der Waals surface area contributed by atoms with Gasteiger partial charge in [-0.15, -0.1) is 0 Å². The van der Waals surface area contributed by atoms with Crippen molar-refractivity contribution in [3.05, 3.63) is 176 Å². The van der Waals surface area contributed by atoms with Crippen LogP contribution in [-0.2, 0) is 0 Å². The van der Waals surface area contributed by atoms with Crippen LogP contribution in [0.3, 0.4) is 0 Å². The summed E-state index contributed by atoms with van der Waals surface area (Å²) in [4.78, 5) is 2.36. The zero-order valence-electron chi connectivity index (χ0n) is 25.1. The number of nitrogens with zero attached hydrogens (tertiary/aromatic N) is 1. The summed E-state index contributed by atoms with van der Waals surface area (Å²) in [6.07, 6.45) is 0. The summed E-state index contributed by atoms with van der Waals surface area (Å²) in [7, 11) is 0. The van der Waals surface area contributed by atoms with Crippen molar-refractivity contribution in [1.82, 2.24) is 0 Å². The van der Waals surface area contributed by atoms with Gasteiger partial charge in [-0.3, -0.25) is 0 Å². The van der Waals surface area contributed by atoms with E-state index < -0.39 is 0 Å². The third kappa shape index (κ3) is 4.43. The molecule has 0 N–H and O–H groups in total. The van der Waals surface area contributed by atoms with Gasteiger partial charge in [0.1, 0.15) is 11.2 Å². The first kappa shape index (κ1) is 26.3. The van der Waals surface area contributed by atoms with E-state index in [4.69, 9.17) is 4.42 Å². The molecular formula is C44H29NO. The van der Waals surface area contributed by atoms with Crippen molar-refractivity contribution in [2.45, 2.75) is 0 Å². The van der Waals surface area contributed by atoms with Crippen LogP contribution in [0.25, 0.3) is 65.7 Å². The predicted octanol–water partition coefficient (Wildman–Crippen LogP) is 12.7. The normalized spacial score (nSPS) is 11.5. The van der Waals surface area contributed by atoms with Crippen molar-refractivity contribution in [1.29, 1.82) is 0 Å². The first-order valence-electron chi connectivity index (χ1n) is 15.7. The van der Waals surface area contributed by atoms with Crippen LogP contribution in [0.1, 0.15) is 0 Å². The van der Waals surface area contributed by atoms with E-state index in [0.29, 0.717) is 0 Å². The van der Waals surface area contributed by atoms with Gasteiger partial charge in [0.2, 0.25) is 0 Å². The van der Waals surface area contributed by atoms with Crippen LogP contribution in [0.2, 0.25) is 0 Å². The van der Waals surface area contributed by atoms with Crippen LogP contribution in [0.5, 0.6) is 0 Å². The number of hydrogen-bond donors (Lipinski definition) is 0. The second kappa shape index (κ2) is 10.8. The molecule has 1 aromatic heterocycles. The molecule has 0 aliphatic heterocycles. The lowest BCUT2D eigenvalue weighted by Gasteiger charge is -2.27. The highest BCUT2D eigenvalue weighted by Gasteiger charge is 2.16. The lowest BCUT2D eigenvalue weighted by Crippen LogP contribution is -2.10. The van der Waals surface area contributed by atoms with Gasteiger partial charge in [-0.1, -0.05) is 127 Å². The zero-order valence-corrected chi connectivity index (χ0v) is 25.1. The molecule has 8 aromatic carbocycles. The van der Waals surface area contributed by atoms with E-state index in [-0.39, 0.29) is 0 Å². The van der Waals surface area contributed by atoms with Crippen LogP contribution in [0, 0.1) is 0 Å². The van der Waals surface area contributed by atoms with Crippen LogP contribution in [0.15, 0.2) is 180 Å². The minimum Gasteiger partial charge on any atom is -0.456 e. The van der Waals surface area contributed by atoms with Crippen molar-refractivity contribution in [2.75, 3.05) is 4.90 Å². The highest BCUT2D eigenvalue weighted by molar-refractivity contribution is 6.06. The Kier molecular flexibility index (Phi) is 6.17. The quantitative estimate of drug-likeness (QED) is 0.199. The van der Waals surface area contributed by atoms with Crippen molar-refractivity contribution in [3.8, 4) is 22.3 Å². The average Bonchev–Trinajstić information content (AvgIpc) is 3.50. The number of furan rings is 1. The van der Waals surface area contributed by atoms with E-state index in [1.54, 1.807) is 0 Å². The number of fused-ring (bicyclic) bond motifs is 5. The second-order valence-electron chi connectivity index (χ2n) is 11.8. The summed E-state index contributed by atoms with van der Waals surface area (Å²) in [5.74, 6) is 0. The van der Waals surface area contributed by atoms with Crippen LogP contribution in [0.4, 0.5) is 17.1 Å². The first-order chi connectivity index (χ1) is 22.8. The minimum absolute atomic E-state index is 0.909. The molecule has 0 bridgehead atoms. The highest BCUT2D eigenvalue weighted by Crippen LogP contribution is 2.41. The number of benzene rings is 8. The minimum atomic E-state index is 0.909. The number of anilines is 3. The molecule has 2 heteroatoms. The molecule has 0 unspecified atom stereocenters. The molecular weight excluding hydrogens is 558 g/mol. The third-order valence-corrected chi connectivity index (χ3v) is 9.07. The average molecular weight is 588 g/mol. The predicted molar refractivity (Wildman–Crippen MR) is 194 cm³/mol. The monoisotopic (exact) mass is 587 g/mol. The van der Waals surface area contributed by atoms with Crippen LogP contribution >= 0.6 is 0 Å². The van der Waals surface area contributed by atoms with Crippen molar-refractivity contribution in [2.24, 2.45) is 0 Å². The maximum atomic E-state index is 6.19. The van der Waals surface area contributed by atoms with E-state index in [0.717, 1.165) is 50.1 Å². The molecule has 0 aliphatic carbocycles. The summed E-state index contributed by atoms with van der Waals surface area (Å²) >= 11 is 0. The van der Waals surface area contributed by atoms with E-state index in [2.05, 4.69) is 169 Å². The van der Waals surface area contributed by atoms with E-state index in [1.165, 1.54) is 32.7 Å². The van der Waals surface area contributed by atoms with Gasteiger partial charge in [0, 0.05) is 27.5 Å². The van der Waals surface area contributed by atoms with E-state index in [9.17, 15) is 0 Å². The molecule has 9 rings (SSSR count). The molecule has 0 spiro atoms. The molecule has 1 heterocycles. The Bertz CT molecular complexity index is 2510. The number of hydrogen-bond acceptors (Lipinski definition) is 2. The van der Waals surface area contributed by atoms with E-state index >= 15 is 0 Å². The Morgan fingerprint density at radius 2 is 0.891 bits per heavy atom. The van der Waals surface area contributed by atoms with Gasteiger partial charge in [-0.05, 0) is 86.9 Å². The van der Waals surface area contributed by atoms with Gasteiger partial charge >= 0.3 is 0 Å². The topological polar surface area (TPSA) is 16.4 Å². The summed E-state index contributed by atoms with van der Waals surface area (Å²) in [6.45, 7) is 0. The van der Waals surface area contributed by atoms with Crippen molar-refractivity contribution in [3.63, 3.8) is 0 Å². The van der Waals surface area contributed by atoms with Crippen molar-refractivity contribution < 1.29 is 4.42 Å². The molecule has 9 aromatic rings. The maximum Gasteiger partial charge on any atom is 0.136 e. The maximum absolute atomic E-state index is 6.19. The molecule has 0 saturated carbocycles. The molecule has 0 amide bonds. The molecule has 0 saturated heterocycles. The number of para-hydroxylation sites is 1. The lowest BCUT2D eigenvalue weighted by atomic mass is 9.98. The van der Waals surface area contributed by atoms with E-state index in [1.807, 2.05) is 12.1 Å². The first-order valence-corrected chi connectivity index (χ1v) is 15.7. The lowest BCUT2D eigenvalue weighted by molar-refractivity contribution is 0.669. The summed E-state index contributed by atoms with van der Waals surface area (Å²) in [5.41, 5.74) is 9.91. The SMILES string of the molecule is c1ccc2c(-c3ccc(N(c4ccc(-c5ccc6c(c5)oc5ccccc56)cc4)c4cccc5ccccc45)cc3)cccc2c1. The molecule has 0 atom stereocenters. The summed E-state index contributed by atoms with van der Waals surface area (Å²) in [6, 6.07) is 62.8. The number of rotatable bonds is 5. The molecule has 0 fully saturated rings. The van der Waals surface area contributed by atoms with Gasteiger partial charge < -0.3 is 9.32 Å². The van der Waals surface area contributed by atoms with Gasteiger partial charge in [-0.2, -0.15) is 0 Å². The molecule has 46 heavy (non-hydrogen) atoms. The van der Waals surface area contributed by atoms with Gasteiger partial charge in [0.05, 0.1) is 5.69 Å². The molecule has 0 radical (unpaired) electrons. The fraction of sp³-hybridized carbons (Fsp3) is 0. The fourth-order valence-corrected chi connectivity index (χ4v) is 6.81. The Morgan fingerprint density at radius 1 is 0.348 bits per heavy atom. The van der Waals surface area contributed by atoms with Gasteiger partial charge in [0.15, 0.2) is 0 Å². The van der Waals surface area contributed by atoms with Crippen LogP contribution < -0.4 is 4.90 Å². The fourth-order valence-electron chi connectivity index (χ4n) is 6.81. The largest absolute Gasteiger partial charge is 0.456 e. The molecule has 0 aliphatic rings.